The number of likely N-dealkylation sites (tertiary alicyclic amines) is 1. The molecular formula is C20H23FN2OS. The molecule has 1 saturated heterocycles. The summed E-state index contributed by atoms with van der Waals surface area (Å²) in [5, 5.41) is 3.02. The number of piperidine rings is 1. The topological polar surface area (TPSA) is 32.3 Å². The molecule has 1 heterocycles. The maximum Gasteiger partial charge on any atom is 0.228 e. The third-order valence-electron chi connectivity index (χ3n) is 4.53. The maximum absolute atomic E-state index is 13.3. The molecular weight excluding hydrogens is 335 g/mol. The molecule has 132 valence electrons. The minimum absolute atomic E-state index is 0.0254. The van der Waals surface area contributed by atoms with E-state index < -0.39 is 0 Å². The van der Waals surface area contributed by atoms with Crippen LogP contribution in [0.15, 0.2) is 53.4 Å². The van der Waals surface area contributed by atoms with E-state index in [1.807, 2.05) is 36.6 Å². The van der Waals surface area contributed by atoms with E-state index in [-0.39, 0.29) is 17.6 Å². The molecule has 3 nitrogen and oxygen atoms in total. The van der Waals surface area contributed by atoms with Crippen LogP contribution in [0.25, 0.3) is 0 Å². The molecule has 0 spiro atoms. The molecule has 2 aromatic rings. The molecule has 1 aliphatic rings. The quantitative estimate of drug-likeness (QED) is 0.804. The van der Waals surface area contributed by atoms with Crippen LogP contribution in [0.2, 0.25) is 0 Å². The number of halogens is 1. The molecule has 3 rings (SSSR count). The van der Waals surface area contributed by atoms with Gasteiger partial charge in [-0.15, -0.1) is 11.8 Å². The van der Waals surface area contributed by atoms with E-state index in [0.717, 1.165) is 30.6 Å². The SMILES string of the molecule is CSc1ccc(NC(=O)C2CCCN(Cc3cccc(F)c3)C2)cc1. The lowest BCUT2D eigenvalue weighted by Gasteiger charge is -2.32. The summed E-state index contributed by atoms with van der Waals surface area (Å²) in [5.41, 5.74) is 1.79. The number of rotatable bonds is 5. The minimum Gasteiger partial charge on any atom is -0.326 e. The van der Waals surface area contributed by atoms with Gasteiger partial charge in [-0.05, 0) is 67.6 Å². The number of hydrogen-bond donors (Lipinski definition) is 1. The Kier molecular flexibility index (Phi) is 6.10. The lowest BCUT2D eigenvalue weighted by molar-refractivity contribution is -0.121. The first-order chi connectivity index (χ1) is 12.1. The number of carbonyl (C=O) groups is 1. The third kappa shape index (κ3) is 5.06. The molecule has 0 bridgehead atoms. The van der Waals surface area contributed by atoms with Gasteiger partial charge in [-0.25, -0.2) is 4.39 Å². The number of anilines is 1. The second kappa shape index (κ2) is 8.50. The molecule has 1 unspecified atom stereocenters. The summed E-state index contributed by atoms with van der Waals surface area (Å²) in [4.78, 5) is 16.0. The first-order valence-electron chi connectivity index (χ1n) is 8.56. The van der Waals surface area contributed by atoms with Crippen molar-refractivity contribution in [3.8, 4) is 0 Å². The minimum atomic E-state index is -0.211. The molecule has 25 heavy (non-hydrogen) atoms. The molecule has 2 aromatic carbocycles. The van der Waals surface area contributed by atoms with Gasteiger partial charge in [-0.2, -0.15) is 0 Å². The van der Waals surface area contributed by atoms with Gasteiger partial charge in [0.05, 0.1) is 5.92 Å². The zero-order valence-electron chi connectivity index (χ0n) is 14.4. The van der Waals surface area contributed by atoms with Crippen molar-refractivity contribution in [1.82, 2.24) is 4.90 Å². The van der Waals surface area contributed by atoms with E-state index in [4.69, 9.17) is 0 Å². The van der Waals surface area contributed by atoms with E-state index in [1.54, 1.807) is 23.9 Å². The van der Waals surface area contributed by atoms with Gasteiger partial charge < -0.3 is 5.32 Å². The molecule has 1 amide bonds. The van der Waals surface area contributed by atoms with Gasteiger partial charge >= 0.3 is 0 Å². The highest BCUT2D eigenvalue weighted by molar-refractivity contribution is 7.98. The standard InChI is InChI=1S/C20H23FN2OS/c1-25-19-9-7-18(8-10-19)22-20(24)16-5-3-11-23(14-16)13-15-4-2-6-17(21)12-15/h2,4,6-10,12,16H,3,5,11,13-14H2,1H3,(H,22,24). The van der Waals surface area contributed by atoms with Crippen molar-refractivity contribution < 1.29 is 9.18 Å². The highest BCUT2D eigenvalue weighted by atomic mass is 32.2. The Bertz CT molecular complexity index is 720. The van der Waals surface area contributed by atoms with Crippen molar-refractivity contribution in [2.75, 3.05) is 24.7 Å². The number of benzene rings is 2. The number of carbonyl (C=O) groups excluding carboxylic acids is 1. The molecule has 1 atom stereocenters. The van der Waals surface area contributed by atoms with Crippen molar-refractivity contribution in [3.05, 3.63) is 59.9 Å². The van der Waals surface area contributed by atoms with Crippen LogP contribution in [-0.4, -0.2) is 30.2 Å². The van der Waals surface area contributed by atoms with Crippen molar-refractivity contribution in [3.63, 3.8) is 0 Å². The number of nitrogens with one attached hydrogen (secondary N) is 1. The molecule has 0 saturated carbocycles. The van der Waals surface area contributed by atoms with Crippen molar-refractivity contribution >= 4 is 23.4 Å². The summed E-state index contributed by atoms with van der Waals surface area (Å²) in [7, 11) is 0. The number of thioether (sulfide) groups is 1. The predicted octanol–water partition coefficient (Wildman–Crippen LogP) is 4.40. The molecule has 0 radical (unpaired) electrons. The molecule has 1 fully saturated rings. The zero-order chi connectivity index (χ0) is 17.6. The number of amides is 1. The van der Waals surface area contributed by atoms with Gasteiger partial charge in [-0.3, -0.25) is 9.69 Å². The summed E-state index contributed by atoms with van der Waals surface area (Å²) in [5.74, 6) is -0.166. The van der Waals surface area contributed by atoms with Crippen LogP contribution in [0.4, 0.5) is 10.1 Å². The van der Waals surface area contributed by atoms with Crippen LogP contribution in [0, 0.1) is 11.7 Å². The van der Waals surface area contributed by atoms with E-state index in [2.05, 4.69) is 10.2 Å². The molecule has 5 heteroatoms. The van der Waals surface area contributed by atoms with Crippen LogP contribution < -0.4 is 5.32 Å². The summed E-state index contributed by atoms with van der Waals surface area (Å²) in [6, 6.07) is 14.6. The molecule has 0 aromatic heterocycles. The summed E-state index contributed by atoms with van der Waals surface area (Å²) in [6.07, 6.45) is 3.91. The fraction of sp³-hybridized carbons (Fsp3) is 0.350. The van der Waals surface area contributed by atoms with Gasteiger partial charge in [0.1, 0.15) is 5.82 Å². The Hall–Kier alpha value is -1.85. The Balaban J connectivity index is 1.57. The van der Waals surface area contributed by atoms with Crippen LogP contribution in [0.5, 0.6) is 0 Å². The molecule has 1 N–H and O–H groups in total. The first kappa shape index (κ1) is 18.0. The first-order valence-corrected chi connectivity index (χ1v) is 9.78. The second-order valence-corrected chi connectivity index (χ2v) is 7.30. The normalized spacial score (nSPS) is 18.1. The predicted molar refractivity (Wildman–Crippen MR) is 101 cm³/mol. The van der Waals surface area contributed by atoms with E-state index in [0.29, 0.717) is 13.1 Å². The highest BCUT2D eigenvalue weighted by Crippen LogP contribution is 2.22. The van der Waals surface area contributed by atoms with Gasteiger partial charge in [0.25, 0.3) is 0 Å². The smallest absolute Gasteiger partial charge is 0.228 e. The maximum atomic E-state index is 13.3. The Morgan fingerprint density at radius 2 is 2.08 bits per heavy atom. The summed E-state index contributed by atoms with van der Waals surface area (Å²) < 4.78 is 13.3. The molecule has 0 aliphatic carbocycles. The largest absolute Gasteiger partial charge is 0.326 e. The third-order valence-corrected chi connectivity index (χ3v) is 5.27. The number of nitrogens with zero attached hydrogens (tertiary/aromatic N) is 1. The molecule has 1 aliphatic heterocycles. The van der Waals surface area contributed by atoms with Crippen LogP contribution in [0.1, 0.15) is 18.4 Å². The Morgan fingerprint density at radius 1 is 1.28 bits per heavy atom. The van der Waals surface area contributed by atoms with Gasteiger partial charge in [0, 0.05) is 23.7 Å². The Morgan fingerprint density at radius 3 is 2.80 bits per heavy atom. The van der Waals surface area contributed by atoms with E-state index in [1.165, 1.54) is 11.0 Å². The highest BCUT2D eigenvalue weighted by Gasteiger charge is 2.25. The van der Waals surface area contributed by atoms with Crippen LogP contribution in [0.3, 0.4) is 0 Å². The van der Waals surface area contributed by atoms with Gasteiger partial charge in [0.15, 0.2) is 0 Å². The number of hydrogen-bond acceptors (Lipinski definition) is 3. The average molecular weight is 358 g/mol. The van der Waals surface area contributed by atoms with Crippen molar-refractivity contribution in [2.24, 2.45) is 5.92 Å². The second-order valence-electron chi connectivity index (χ2n) is 6.42. The lowest BCUT2D eigenvalue weighted by atomic mass is 9.96. The monoisotopic (exact) mass is 358 g/mol. The average Bonchev–Trinajstić information content (AvgIpc) is 2.62. The van der Waals surface area contributed by atoms with Crippen LogP contribution in [-0.2, 0) is 11.3 Å². The fourth-order valence-corrected chi connectivity index (χ4v) is 3.63. The van der Waals surface area contributed by atoms with E-state index in [9.17, 15) is 9.18 Å². The lowest BCUT2D eigenvalue weighted by Crippen LogP contribution is -2.40. The fourth-order valence-electron chi connectivity index (χ4n) is 3.23. The summed E-state index contributed by atoms with van der Waals surface area (Å²) >= 11 is 1.68. The van der Waals surface area contributed by atoms with Crippen molar-refractivity contribution in [1.29, 1.82) is 0 Å². The van der Waals surface area contributed by atoms with Crippen molar-refractivity contribution in [2.45, 2.75) is 24.3 Å². The van der Waals surface area contributed by atoms with E-state index >= 15 is 0 Å². The summed E-state index contributed by atoms with van der Waals surface area (Å²) in [6.45, 7) is 2.35. The van der Waals surface area contributed by atoms with Crippen LogP contribution >= 0.6 is 11.8 Å². The zero-order valence-corrected chi connectivity index (χ0v) is 15.2. The van der Waals surface area contributed by atoms with Gasteiger partial charge in [0.2, 0.25) is 5.91 Å². The van der Waals surface area contributed by atoms with Gasteiger partial charge in [-0.1, -0.05) is 12.1 Å². The Labute approximate surface area is 152 Å².